The normalized spacial score (nSPS) is 18.3. The highest BCUT2D eigenvalue weighted by Crippen LogP contribution is 2.32. The predicted octanol–water partition coefficient (Wildman–Crippen LogP) is 0.910. The molecular weight excluding hydrogens is 311 g/mol. The zero-order valence-corrected chi connectivity index (χ0v) is 12.8. The number of hydrogen-bond donors (Lipinski definition) is 0. The Kier molecular flexibility index (Phi) is 3.43. The number of halogens is 1. The molecule has 8 heteroatoms. The molecular formula is C14H15FN2O4S. The van der Waals surface area contributed by atoms with Crippen LogP contribution < -0.4 is 4.90 Å². The highest BCUT2D eigenvalue weighted by atomic mass is 32.2. The average Bonchev–Trinajstić information content (AvgIpc) is 2.95. The first-order valence-corrected chi connectivity index (χ1v) is 8.92. The van der Waals surface area contributed by atoms with Crippen LogP contribution in [0.5, 0.6) is 0 Å². The highest BCUT2D eigenvalue weighted by molar-refractivity contribution is 7.90. The van der Waals surface area contributed by atoms with Crippen LogP contribution in [0.15, 0.2) is 12.1 Å². The molecule has 0 atom stereocenters. The van der Waals surface area contributed by atoms with E-state index in [0.717, 1.165) is 11.2 Å². The topological polar surface area (TPSA) is 74.8 Å². The Morgan fingerprint density at radius 2 is 2.00 bits per heavy atom. The average molecular weight is 326 g/mol. The van der Waals surface area contributed by atoms with Gasteiger partial charge in [0.2, 0.25) is 5.91 Å². The van der Waals surface area contributed by atoms with Crippen LogP contribution >= 0.6 is 0 Å². The Balaban J connectivity index is 1.96. The maximum Gasteiger partial charge on any atom is 0.255 e. The van der Waals surface area contributed by atoms with Crippen LogP contribution in [0, 0.1) is 5.82 Å². The first kappa shape index (κ1) is 15.0. The summed E-state index contributed by atoms with van der Waals surface area (Å²) in [6.45, 7) is 0.430. The lowest BCUT2D eigenvalue weighted by Crippen LogP contribution is -2.29. The van der Waals surface area contributed by atoms with Crippen molar-refractivity contribution in [1.29, 1.82) is 0 Å². The first-order chi connectivity index (χ1) is 10.3. The van der Waals surface area contributed by atoms with E-state index in [1.54, 1.807) is 0 Å². The molecule has 2 aliphatic heterocycles. The van der Waals surface area contributed by atoms with E-state index in [2.05, 4.69) is 0 Å². The molecule has 2 heterocycles. The summed E-state index contributed by atoms with van der Waals surface area (Å²) >= 11 is 0. The lowest BCUT2D eigenvalue weighted by atomic mass is 10.1. The zero-order chi connectivity index (χ0) is 16.1. The number of nitrogens with zero attached hydrogens (tertiary/aromatic N) is 2. The van der Waals surface area contributed by atoms with Crippen molar-refractivity contribution in [1.82, 2.24) is 4.90 Å². The summed E-state index contributed by atoms with van der Waals surface area (Å²) in [7, 11) is -3.39. The van der Waals surface area contributed by atoms with Gasteiger partial charge in [0.05, 0.1) is 6.54 Å². The van der Waals surface area contributed by atoms with Crippen LogP contribution in [0.3, 0.4) is 0 Å². The second-order valence-corrected chi connectivity index (χ2v) is 7.77. The summed E-state index contributed by atoms with van der Waals surface area (Å²) in [6.07, 6.45) is 2.13. The van der Waals surface area contributed by atoms with Gasteiger partial charge in [0.25, 0.3) is 5.91 Å². The number of anilines is 1. The molecule has 0 unspecified atom stereocenters. The Bertz CT molecular complexity index is 775. The van der Waals surface area contributed by atoms with Crippen molar-refractivity contribution in [3.8, 4) is 0 Å². The summed E-state index contributed by atoms with van der Waals surface area (Å²) in [5, 5.41) is 0. The number of hydrogen-bond acceptors (Lipinski definition) is 4. The van der Waals surface area contributed by atoms with Crippen molar-refractivity contribution >= 4 is 27.3 Å². The van der Waals surface area contributed by atoms with Crippen molar-refractivity contribution in [3.63, 3.8) is 0 Å². The van der Waals surface area contributed by atoms with Gasteiger partial charge in [-0.25, -0.2) is 12.8 Å². The molecule has 0 bridgehead atoms. The monoisotopic (exact) mass is 326 g/mol. The lowest BCUT2D eigenvalue weighted by molar-refractivity contribution is -0.117. The summed E-state index contributed by atoms with van der Waals surface area (Å²) in [5.41, 5.74) is 0.677. The van der Waals surface area contributed by atoms with Crippen LogP contribution in [0.25, 0.3) is 0 Å². The highest BCUT2D eigenvalue weighted by Gasteiger charge is 2.33. The Hall–Kier alpha value is -1.96. The van der Waals surface area contributed by atoms with E-state index in [9.17, 15) is 22.4 Å². The fourth-order valence-electron chi connectivity index (χ4n) is 2.87. The molecule has 0 saturated carbocycles. The summed E-state index contributed by atoms with van der Waals surface area (Å²) < 4.78 is 36.9. The molecule has 1 aromatic carbocycles. The van der Waals surface area contributed by atoms with Gasteiger partial charge in [0.15, 0.2) is 9.84 Å². The number of sulfone groups is 1. The molecule has 0 spiro atoms. The van der Waals surface area contributed by atoms with Gasteiger partial charge in [-0.3, -0.25) is 9.59 Å². The molecule has 6 nitrogen and oxygen atoms in total. The van der Waals surface area contributed by atoms with Crippen molar-refractivity contribution in [2.45, 2.75) is 19.4 Å². The van der Waals surface area contributed by atoms with Crippen LogP contribution in [-0.4, -0.2) is 43.8 Å². The van der Waals surface area contributed by atoms with E-state index in [4.69, 9.17) is 0 Å². The van der Waals surface area contributed by atoms with E-state index < -0.39 is 27.4 Å². The van der Waals surface area contributed by atoms with Crippen LogP contribution in [0.1, 0.15) is 28.8 Å². The maximum absolute atomic E-state index is 14.2. The molecule has 0 radical (unpaired) electrons. The van der Waals surface area contributed by atoms with E-state index in [1.807, 2.05) is 0 Å². The van der Waals surface area contributed by atoms with E-state index in [1.165, 1.54) is 17.0 Å². The number of rotatable bonds is 3. The first-order valence-electron chi connectivity index (χ1n) is 6.86. The van der Waals surface area contributed by atoms with Crippen LogP contribution in [-0.2, 0) is 21.2 Å². The fraction of sp³-hybridized carbons (Fsp3) is 0.429. The van der Waals surface area contributed by atoms with E-state index in [-0.39, 0.29) is 23.6 Å². The van der Waals surface area contributed by atoms with Crippen molar-refractivity contribution < 1.29 is 22.4 Å². The molecule has 22 heavy (non-hydrogen) atoms. The van der Waals surface area contributed by atoms with Gasteiger partial charge < -0.3 is 9.80 Å². The quantitative estimate of drug-likeness (QED) is 0.827. The van der Waals surface area contributed by atoms with Gasteiger partial charge in [-0.1, -0.05) is 0 Å². The van der Waals surface area contributed by atoms with Crippen molar-refractivity contribution in [3.05, 3.63) is 29.1 Å². The van der Waals surface area contributed by atoms with Gasteiger partial charge in [-0.05, 0) is 18.6 Å². The van der Waals surface area contributed by atoms with Crippen LogP contribution in [0.4, 0.5) is 10.1 Å². The molecule has 1 saturated heterocycles. The summed E-state index contributed by atoms with van der Waals surface area (Å²) in [4.78, 5) is 26.6. The largest absolute Gasteiger partial charge is 0.320 e. The fourth-order valence-corrected chi connectivity index (χ4v) is 3.65. The summed E-state index contributed by atoms with van der Waals surface area (Å²) in [5.74, 6) is -1.65. The van der Waals surface area contributed by atoms with E-state index >= 15 is 0 Å². The van der Waals surface area contributed by atoms with Crippen molar-refractivity contribution in [2.24, 2.45) is 0 Å². The Morgan fingerprint density at radius 1 is 1.27 bits per heavy atom. The number of benzene rings is 1. The molecule has 0 aliphatic carbocycles. The predicted molar refractivity (Wildman–Crippen MR) is 77.6 cm³/mol. The molecule has 2 amide bonds. The third kappa shape index (κ3) is 2.58. The van der Waals surface area contributed by atoms with Gasteiger partial charge in [-0.2, -0.15) is 0 Å². The molecule has 3 rings (SSSR count). The molecule has 1 fully saturated rings. The minimum atomic E-state index is -3.39. The third-order valence-electron chi connectivity index (χ3n) is 3.82. The lowest BCUT2D eigenvalue weighted by Gasteiger charge is -2.16. The summed E-state index contributed by atoms with van der Waals surface area (Å²) in [6, 6.07) is 2.71. The number of fused-ring (bicyclic) bond motifs is 1. The smallest absolute Gasteiger partial charge is 0.255 e. The zero-order valence-electron chi connectivity index (χ0n) is 12.0. The third-order valence-corrected chi connectivity index (χ3v) is 4.60. The van der Waals surface area contributed by atoms with Crippen molar-refractivity contribution in [2.75, 3.05) is 23.6 Å². The number of carbonyl (C=O) groups is 2. The minimum absolute atomic E-state index is 0.0682. The van der Waals surface area contributed by atoms with Gasteiger partial charge in [0, 0.05) is 36.0 Å². The second-order valence-electron chi connectivity index (χ2n) is 5.66. The van der Waals surface area contributed by atoms with Gasteiger partial charge >= 0.3 is 0 Å². The molecule has 0 aromatic heterocycles. The molecule has 1 aromatic rings. The molecule has 0 N–H and O–H groups in total. The number of amides is 2. The van der Waals surface area contributed by atoms with Gasteiger partial charge in [-0.15, -0.1) is 0 Å². The maximum atomic E-state index is 14.2. The van der Waals surface area contributed by atoms with Crippen LogP contribution in [0.2, 0.25) is 0 Å². The standard InChI is InChI=1S/C14H15FN2O4S/c1-22(20,21)8-16-7-11-10(14(16)19)5-9(6-12(11)15)17-4-2-3-13(17)18/h5-6H,2-4,7-8H2,1H3. The number of carbonyl (C=O) groups excluding carboxylic acids is 2. The second kappa shape index (κ2) is 5.05. The SMILES string of the molecule is CS(=O)(=O)CN1Cc2c(F)cc(N3CCCC3=O)cc2C1=O. The van der Waals surface area contributed by atoms with Gasteiger partial charge in [0.1, 0.15) is 11.7 Å². The molecule has 118 valence electrons. The molecule has 2 aliphatic rings. The minimum Gasteiger partial charge on any atom is -0.320 e. The Labute approximate surface area is 127 Å². The van der Waals surface area contributed by atoms with E-state index in [0.29, 0.717) is 25.1 Å². The Morgan fingerprint density at radius 3 is 2.59 bits per heavy atom.